The second kappa shape index (κ2) is 4.51. The van der Waals surface area contributed by atoms with Crippen molar-refractivity contribution < 1.29 is 4.79 Å². The van der Waals surface area contributed by atoms with Crippen LogP contribution in [0.4, 0.5) is 0 Å². The number of Topliss-reactive ketones (excluding diaryl/α,β-unsaturated/α-hetero) is 1. The molecule has 2 heteroatoms. The van der Waals surface area contributed by atoms with Gasteiger partial charge < -0.3 is 0 Å². The molecule has 0 radical (unpaired) electrons. The van der Waals surface area contributed by atoms with Gasteiger partial charge in [-0.1, -0.05) is 25.4 Å². The zero-order valence-corrected chi connectivity index (χ0v) is 7.46. The summed E-state index contributed by atoms with van der Waals surface area (Å²) in [6, 6.07) is 0. The van der Waals surface area contributed by atoms with Crippen molar-refractivity contribution in [3.8, 4) is 0 Å². The Kier molecular flexibility index (Phi) is 4.37. The molecule has 0 aliphatic carbocycles. The summed E-state index contributed by atoms with van der Waals surface area (Å²) in [4.78, 5) is 10.8. The molecule has 0 aliphatic rings. The Labute approximate surface area is 67.1 Å². The zero-order valence-electron chi connectivity index (χ0n) is 6.70. The highest BCUT2D eigenvalue weighted by Crippen LogP contribution is 2.16. The molecule has 0 saturated carbocycles. The number of halogens is 1. The molecule has 0 fully saturated rings. The maximum Gasteiger partial charge on any atom is 0.156 e. The highest BCUT2D eigenvalue weighted by Gasteiger charge is 2.04. The summed E-state index contributed by atoms with van der Waals surface area (Å²) in [7, 11) is 0. The molecule has 0 N–H and O–H groups in total. The molecular formula is C8H13ClO. The van der Waals surface area contributed by atoms with Crippen LogP contribution in [0.5, 0.6) is 0 Å². The Balaban J connectivity index is 4.45. The molecule has 0 bridgehead atoms. The second-order valence-corrected chi connectivity index (χ2v) is 2.60. The summed E-state index contributed by atoms with van der Waals surface area (Å²) in [6.07, 6.45) is 1.49. The third-order valence-electron chi connectivity index (χ3n) is 1.42. The van der Waals surface area contributed by atoms with Gasteiger partial charge in [0.05, 0.1) is 0 Å². The molecule has 0 aromatic carbocycles. The van der Waals surface area contributed by atoms with Gasteiger partial charge in [0.2, 0.25) is 0 Å². The van der Waals surface area contributed by atoms with Crippen molar-refractivity contribution in [1.82, 2.24) is 0 Å². The van der Waals surface area contributed by atoms with Gasteiger partial charge in [-0.3, -0.25) is 4.79 Å². The topological polar surface area (TPSA) is 17.1 Å². The number of ketones is 1. The Bertz CT molecular complexity index is 159. The van der Waals surface area contributed by atoms with Gasteiger partial charge in [0.15, 0.2) is 5.78 Å². The number of hydrogen-bond acceptors (Lipinski definition) is 1. The number of allylic oxidation sites excluding steroid dienone is 2. The predicted octanol–water partition coefficient (Wildman–Crippen LogP) is 2.89. The second-order valence-electron chi connectivity index (χ2n) is 2.15. The molecule has 0 heterocycles. The number of hydrogen-bond donors (Lipinski definition) is 0. The number of carbonyl (C=O) groups excluding carboxylic acids is 1. The first-order valence-corrected chi connectivity index (χ1v) is 3.89. The van der Waals surface area contributed by atoms with Crippen molar-refractivity contribution in [1.29, 1.82) is 0 Å². The van der Waals surface area contributed by atoms with Gasteiger partial charge in [-0.05, 0) is 19.8 Å². The lowest BCUT2D eigenvalue weighted by Crippen LogP contribution is -1.96. The van der Waals surface area contributed by atoms with Crippen LogP contribution in [-0.4, -0.2) is 5.78 Å². The average molecular weight is 161 g/mol. The van der Waals surface area contributed by atoms with Crippen molar-refractivity contribution in [3.63, 3.8) is 0 Å². The van der Waals surface area contributed by atoms with Crippen LogP contribution in [0.25, 0.3) is 0 Å². The fraction of sp³-hybridized carbons (Fsp3) is 0.625. The normalized spacial score (nSPS) is 12.8. The van der Waals surface area contributed by atoms with Gasteiger partial charge in [-0.25, -0.2) is 0 Å². The van der Waals surface area contributed by atoms with E-state index in [1.54, 1.807) is 6.92 Å². The highest BCUT2D eigenvalue weighted by molar-refractivity contribution is 6.31. The fourth-order valence-corrected chi connectivity index (χ4v) is 1.11. The first-order chi connectivity index (χ1) is 4.63. The van der Waals surface area contributed by atoms with Crippen molar-refractivity contribution in [3.05, 3.63) is 10.6 Å². The summed E-state index contributed by atoms with van der Waals surface area (Å²) < 4.78 is 0. The lowest BCUT2D eigenvalue weighted by atomic mass is 10.1. The molecule has 58 valence electrons. The predicted molar refractivity (Wildman–Crippen MR) is 44.1 cm³/mol. The van der Waals surface area contributed by atoms with Gasteiger partial charge in [-0.2, -0.15) is 0 Å². The van der Waals surface area contributed by atoms with Crippen LogP contribution in [0.15, 0.2) is 10.6 Å². The minimum Gasteiger partial charge on any atom is -0.295 e. The molecule has 0 aromatic rings. The third-order valence-corrected chi connectivity index (χ3v) is 1.91. The lowest BCUT2D eigenvalue weighted by Gasteiger charge is -2.00. The molecule has 0 aliphatic heterocycles. The molecule has 0 saturated heterocycles. The van der Waals surface area contributed by atoms with Gasteiger partial charge in [0, 0.05) is 10.6 Å². The molecule has 0 rings (SSSR count). The van der Waals surface area contributed by atoms with Crippen molar-refractivity contribution in [2.45, 2.75) is 33.6 Å². The Morgan fingerprint density at radius 1 is 1.30 bits per heavy atom. The number of rotatable bonds is 3. The maximum absolute atomic E-state index is 10.8. The van der Waals surface area contributed by atoms with Gasteiger partial charge in [0.25, 0.3) is 0 Å². The van der Waals surface area contributed by atoms with E-state index in [2.05, 4.69) is 0 Å². The first-order valence-electron chi connectivity index (χ1n) is 3.51. The molecule has 0 amide bonds. The minimum atomic E-state index is 0.0920. The summed E-state index contributed by atoms with van der Waals surface area (Å²) in [5.74, 6) is 0.0920. The first kappa shape index (κ1) is 9.70. The SMILES string of the molecule is CC/C(Cl)=C(\CC)C(C)=O. The summed E-state index contributed by atoms with van der Waals surface area (Å²) in [5.41, 5.74) is 0.768. The van der Waals surface area contributed by atoms with E-state index in [0.29, 0.717) is 5.03 Å². The Morgan fingerprint density at radius 2 is 1.80 bits per heavy atom. The molecule has 0 aromatic heterocycles. The molecular weight excluding hydrogens is 148 g/mol. The van der Waals surface area contributed by atoms with E-state index in [4.69, 9.17) is 11.6 Å². The van der Waals surface area contributed by atoms with E-state index in [1.807, 2.05) is 13.8 Å². The van der Waals surface area contributed by atoms with Crippen molar-refractivity contribution in [2.24, 2.45) is 0 Å². The van der Waals surface area contributed by atoms with Crippen LogP contribution >= 0.6 is 11.6 Å². The van der Waals surface area contributed by atoms with Gasteiger partial charge in [-0.15, -0.1) is 0 Å². The smallest absolute Gasteiger partial charge is 0.156 e. The van der Waals surface area contributed by atoms with Crippen LogP contribution in [0.3, 0.4) is 0 Å². The molecule has 0 unspecified atom stereocenters. The van der Waals surface area contributed by atoms with E-state index in [9.17, 15) is 4.79 Å². The molecule has 1 nitrogen and oxygen atoms in total. The minimum absolute atomic E-state index is 0.0920. The molecule has 10 heavy (non-hydrogen) atoms. The Hall–Kier alpha value is -0.300. The zero-order chi connectivity index (χ0) is 8.15. The van der Waals surface area contributed by atoms with Crippen LogP contribution in [0, 0.1) is 0 Å². The van der Waals surface area contributed by atoms with Crippen LogP contribution < -0.4 is 0 Å². The summed E-state index contributed by atoms with van der Waals surface area (Å²) in [5, 5.41) is 0.704. The van der Waals surface area contributed by atoms with Gasteiger partial charge >= 0.3 is 0 Å². The fourth-order valence-electron chi connectivity index (χ4n) is 0.845. The van der Waals surface area contributed by atoms with E-state index in [-0.39, 0.29) is 5.78 Å². The van der Waals surface area contributed by atoms with Crippen LogP contribution in [0.2, 0.25) is 0 Å². The average Bonchev–Trinajstić information content (AvgIpc) is 1.88. The number of carbonyl (C=O) groups is 1. The highest BCUT2D eigenvalue weighted by atomic mass is 35.5. The summed E-state index contributed by atoms with van der Waals surface area (Å²) in [6.45, 7) is 5.44. The third kappa shape index (κ3) is 2.53. The summed E-state index contributed by atoms with van der Waals surface area (Å²) >= 11 is 5.79. The van der Waals surface area contributed by atoms with Crippen molar-refractivity contribution in [2.75, 3.05) is 0 Å². The van der Waals surface area contributed by atoms with Crippen LogP contribution in [0.1, 0.15) is 33.6 Å². The van der Waals surface area contributed by atoms with Crippen LogP contribution in [-0.2, 0) is 4.79 Å². The van der Waals surface area contributed by atoms with Gasteiger partial charge in [0.1, 0.15) is 0 Å². The molecule has 0 atom stereocenters. The van der Waals surface area contributed by atoms with E-state index in [1.165, 1.54) is 0 Å². The monoisotopic (exact) mass is 160 g/mol. The Morgan fingerprint density at radius 3 is 1.90 bits per heavy atom. The quantitative estimate of drug-likeness (QED) is 0.581. The van der Waals surface area contributed by atoms with E-state index in [0.717, 1.165) is 18.4 Å². The van der Waals surface area contributed by atoms with E-state index >= 15 is 0 Å². The van der Waals surface area contributed by atoms with E-state index < -0.39 is 0 Å². The largest absolute Gasteiger partial charge is 0.295 e. The molecule has 0 spiro atoms. The standard InChI is InChI=1S/C8H13ClO/c1-4-7(6(3)10)8(9)5-2/h4-5H2,1-3H3/b8-7-. The lowest BCUT2D eigenvalue weighted by molar-refractivity contribution is -0.113. The maximum atomic E-state index is 10.8. The van der Waals surface area contributed by atoms with Crippen molar-refractivity contribution >= 4 is 17.4 Å².